The molecular weight excluding hydrogens is 417 g/mol. The van der Waals surface area contributed by atoms with E-state index < -0.39 is 11.7 Å². The monoisotopic (exact) mass is 443 g/mol. The van der Waals surface area contributed by atoms with Crippen LogP contribution in [0.3, 0.4) is 0 Å². The van der Waals surface area contributed by atoms with E-state index >= 15 is 0 Å². The molecular formula is C24H27ClFN3O2. The molecule has 7 heteroatoms. The average Bonchev–Trinajstić information content (AvgIpc) is 3.15. The van der Waals surface area contributed by atoms with Crippen molar-refractivity contribution in [1.82, 2.24) is 9.88 Å². The SMILES string of the molecule is CCCN(CCCc1c[nH]c2ccc(Cl)cc12)C1COc2c(F)ccc(C(N)=O)c2C1. The van der Waals surface area contributed by atoms with E-state index in [4.69, 9.17) is 22.1 Å². The molecule has 164 valence electrons. The molecule has 0 fully saturated rings. The minimum Gasteiger partial charge on any atom is -0.489 e. The van der Waals surface area contributed by atoms with Crippen LogP contribution in [0.2, 0.25) is 5.02 Å². The standard InChI is InChI=1S/C24H27ClFN3O2/c1-2-9-29(10-3-4-15-13-28-22-8-5-16(25)11-19(15)22)17-12-20-18(24(27)30)6-7-21(26)23(20)31-14-17/h5-8,11,13,17,28H,2-4,9-10,12,14H2,1H3,(H2,27,30). The van der Waals surface area contributed by atoms with Gasteiger partial charge >= 0.3 is 0 Å². The number of hydrogen-bond acceptors (Lipinski definition) is 3. The molecule has 31 heavy (non-hydrogen) atoms. The zero-order valence-electron chi connectivity index (χ0n) is 17.6. The highest BCUT2D eigenvalue weighted by Gasteiger charge is 2.30. The molecule has 1 unspecified atom stereocenters. The Bertz CT molecular complexity index is 1100. The first kappa shape index (κ1) is 21.7. The largest absolute Gasteiger partial charge is 0.489 e. The number of fused-ring (bicyclic) bond motifs is 2. The van der Waals surface area contributed by atoms with Gasteiger partial charge in [0.1, 0.15) is 6.61 Å². The number of aromatic nitrogens is 1. The van der Waals surface area contributed by atoms with Gasteiger partial charge in [0.2, 0.25) is 5.91 Å². The van der Waals surface area contributed by atoms with Gasteiger partial charge in [-0.2, -0.15) is 0 Å². The highest BCUT2D eigenvalue weighted by molar-refractivity contribution is 6.31. The molecule has 1 aliphatic rings. The fraction of sp³-hybridized carbons (Fsp3) is 0.375. The van der Waals surface area contributed by atoms with Gasteiger partial charge in [-0.3, -0.25) is 9.69 Å². The van der Waals surface area contributed by atoms with Gasteiger partial charge in [0.15, 0.2) is 11.6 Å². The number of rotatable bonds is 8. The third kappa shape index (κ3) is 4.55. The molecule has 0 radical (unpaired) electrons. The van der Waals surface area contributed by atoms with E-state index in [-0.39, 0.29) is 11.8 Å². The van der Waals surface area contributed by atoms with Gasteiger partial charge in [0.05, 0.1) is 0 Å². The molecule has 2 heterocycles. The lowest BCUT2D eigenvalue weighted by molar-refractivity contribution is 0.0984. The number of carbonyl (C=O) groups excluding carboxylic acids is 1. The van der Waals surface area contributed by atoms with Gasteiger partial charge in [-0.25, -0.2) is 4.39 Å². The number of nitrogens with one attached hydrogen (secondary N) is 1. The van der Waals surface area contributed by atoms with E-state index in [1.807, 2.05) is 24.4 Å². The highest BCUT2D eigenvalue weighted by Crippen LogP contribution is 2.32. The highest BCUT2D eigenvalue weighted by atomic mass is 35.5. The summed E-state index contributed by atoms with van der Waals surface area (Å²) in [6.45, 7) is 4.32. The number of nitrogens with zero attached hydrogens (tertiary/aromatic N) is 1. The van der Waals surface area contributed by atoms with Gasteiger partial charge in [0.25, 0.3) is 0 Å². The number of benzene rings is 2. The van der Waals surface area contributed by atoms with Crippen LogP contribution in [0.5, 0.6) is 5.75 Å². The van der Waals surface area contributed by atoms with Crippen molar-refractivity contribution in [1.29, 1.82) is 0 Å². The van der Waals surface area contributed by atoms with Crippen molar-refractivity contribution in [3.05, 3.63) is 64.1 Å². The quantitative estimate of drug-likeness (QED) is 0.529. The second kappa shape index (κ2) is 9.28. The van der Waals surface area contributed by atoms with Crippen LogP contribution in [0.1, 0.15) is 41.3 Å². The lowest BCUT2D eigenvalue weighted by Crippen LogP contribution is -2.44. The number of aryl methyl sites for hydroxylation is 1. The Morgan fingerprint density at radius 3 is 2.94 bits per heavy atom. The average molecular weight is 444 g/mol. The first-order valence-electron chi connectivity index (χ1n) is 10.7. The maximum absolute atomic E-state index is 14.2. The first-order chi connectivity index (χ1) is 15.0. The number of hydrogen-bond donors (Lipinski definition) is 2. The number of ether oxygens (including phenoxy) is 1. The Labute approximate surface area is 186 Å². The Morgan fingerprint density at radius 1 is 1.32 bits per heavy atom. The summed E-state index contributed by atoms with van der Waals surface area (Å²) in [6.07, 6.45) is 5.49. The number of carbonyl (C=O) groups is 1. The third-order valence-corrected chi connectivity index (χ3v) is 6.22. The van der Waals surface area contributed by atoms with E-state index in [1.54, 1.807) is 0 Å². The van der Waals surface area contributed by atoms with Crippen LogP contribution >= 0.6 is 11.6 Å². The molecule has 0 saturated carbocycles. The van der Waals surface area contributed by atoms with Gasteiger partial charge in [0, 0.05) is 39.3 Å². The fourth-order valence-corrected chi connectivity index (χ4v) is 4.66. The van der Waals surface area contributed by atoms with E-state index in [1.165, 1.54) is 17.7 Å². The van der Waals surface area contributed by atoms with Gasteiger partial charge in [-0.1, -0.05) is 18.5 Å². The number of nitrogens with two attached hydrogens (primary N) is 1. The summed E-state index contributed by atoms with van der Waals surface area (Å²) in [6, 6.07) is 8.65. The Morgan fingerprint density at radius 2 is 2.16 bits per heavy atom. The van der Waals surface area contributed by atoms with E-state index in [9.17, 15) is 9.18 Å². The Balaban J connectivity index is 1.46. The predicted molar refractivity (Wildman–Crippen MR) is 121 cm³/mol. The number of halogens is 2. The smallest absolute Gasteiger partial charge is 0.249 e. The number of aromatic amines is 1. The number of H-pyrrole nitrogens is 1. The summed E-state index contributed by atoms with van der Waals surface area (Å²) in [5.41, 5.74) is 8.77. The van der Waals surface area contributed by atoms with E-state index in [0.717, 1.165) is 48.3 Å². The first-order valence-corrected chi connectivity index (χ1v) is 11.1. The summed E-state index contributed by atoms with van der Waals surface area (Å²) in [5, 5.41) is 1.89. The van der Waals surface area contributed by atoms with Gasteiger partial charge in [-0.05, 0) is 74.7 Å². The Kier molecular flexibility index (Phi) is 6.49. The summed E-state index contributed by atoms with van der Waals surface area (Å²) < 4.78 is 20.0. The van der Waals surface area contributed by atoms with Crippen LogP contribution < -0.4 is 10.5 Å². The van der Waals surface area contributed by atoms with Crippen LogP contribution in [-0.2, 0) is 12.8 Å². The second-order valence-corrected chi connectivity index (χ2v) is 8.52. The summed E-state index contributed by atoms with van der Waals surface area (Å²) in [4.78, 5) is 17.5. The van der Waals surface area contributed by atoms with Crippen molar-refractivity contribution in [3.63, 3.8) is 0 Å². The van der Waals surface area contributed by atoms with Crippen LogP contribution in [0, 0.1) is 5.82 Å². The minimum absolute atomic E-state index is 0.0739. The maximum Gasteiger partial charge on any atom is 0.249 e. The zero-order chi connectivity index (χ0) is 22.0. The summed E-state index contributed by atoms with van der Waals surface area (Å²) >= 11 is 6.17. The molecule has 5 nitrogen and oxygen atoms in total. The second-order valence-electron chi connectivity index (χ2n) is 8.08. The van der Waals surface area contributed by atoms with Crippen LogP contribution in [0.15, 0.2) is 36.5 Å². The molecule has 0 saturated heterocycles. The van der Waals surface area contributed by atoms with Crippen LogP contribution in [0.4, 0.5) is 4.39 Å². The molecule has 4 rings (SSSR count). The van der Waals surface area contributed by atoms with Crippen LogP contribution in [-0.4, -0.2) is 41.5 Å². The van der Waals surface area contributed by atoms with Crippen molar-refractivity contribution >= 4 is 28.4 Å². The van der Waals surface area contributed by atoms with Crippen molar-refractivity contribution < 1.29 is 13.9 Å². The lowest BCUT2D eigenvalue weighted by atomic mass is 9.95. The molecule has 1 atom stereocenters. The minimum atomic E-state index is -0.555. The van der Waals surface area contributed by atoms with Crippen LogP contribution in [0.25, 0.3) is 10.9 Å². The van der Waals surface area contributed by atoms with E-state index in [0.29, 0.717) is 24.2 Å². The molecule has 0 aliphatic carbocycles. The Hall–Kier alpha value is -2.57. The number of amides is 1. The summed E-state index contributed by atoms with van der Waals surface area (Å²) in [5.74, 6) is -0.835. The van der Waals surface area contributed by atoms with Gasteiger partial charge < -0.3 is 15.5 Å². The summed E-state index contributed by atoms with van der Waals surface area (Å²) in [7, 11) is 0. The molecule has 3 aromatic rings. The van der Waals surface area contributed by atoms with Crippen molar-refractivity contribution in [2.45, 2.75) is 38.6 Å². The molecule has 1 aliphatic heterocycles. The fourth-order valence-electron chi connectivity index (χ4n) is 4.49. The molecule has 2 aromatic carbocycles. The topological polar surface area (TPSA) is 71.3 Å². The normalized spacial score (nSPS) is 15.8. The predicted octanol–water partition coefficient (Wildman–Crippen LogP) is 4.71. The lowest BCUT2D eigenvalue weighted by Gasteiger charge is -2.35. The van der Waals surface area contributed by atoms with E-state index in [2.05, 4.69) is 16.8 Å². The molecule has 3 N–H and O–H groups in total. The van der Waals surface area contributed by atoms with Crippen molar-refractivity contribution in [2.24, 2.45) is 5.73 Å². The maximum atomic E-state index is 14.2. The molecule has 1 amide bonds. The molecule has 1 aromatic heterocycles. The molecule has 0 bridgehead atoms. The van der Waals surface area contributed by atoms with Crippen molar-refractivity contribution in [2.75, 3.05) is 19.7 Å². The zero-order valence-corrected chi connectivity index (χ0v) is 18.3. The number of primary amides is 1. The van der Waals surface area contributed by atoms with Crippen molar-refractivity contribution in [3.8, 4) is 5.75 Å². The third-order valence-electron chi connectivity index (χ3n) is 5.99. The van der Waals surface area contributed by atoms with Gasteiger partial charge in [-0.15, -0.1) is 0 Å². The molecule has 0 spiro atoms.